The molecule has 0 aliphatic rings. The Balaban J connectivity index is 3.11. The first-order valence-corrected chi connectivity index (χ1v) is 6.23. The standard InChI is InChI=1S/C12H18O3S/c1-4-16-12-8-10(14-2)9(5-6-13)7-11(12)15-3/h7-8,13H,4-6H2,1-3H3. The van der Waals surface area contributed by atoms with Crippen LogP contribution < -0.4 is 9.47 Å². The smallest absolute Gasteiger partial charge is 0.132 e. The van der Waals surface area contributed by atoms with E-state index in [4.69, 9.17) is 14.6 Å². The third-order valence-corrected chi connectivity index (χ3v) is 3.17. The van der Waals surface area contributed by atoms with Crippen LogP contribution in [0.15, 0.2) is 17.0 Å². The molecule has 90 valence electrons. The largest absolute Gasteiger partial charge is 0.496 e. The van der Waals surface area contributed by atoms with Gasteiger partial charge in [0.1, 0.15) is 11.5 Å². The molecule has 0 spiro atoms. The maximum atomic E-state index is 8.97. The van der Waals surface area contributed by atoms with Crippen LogP contribution in [-0.4, -0.2) is 31.7 Å². The highest BCUT2D eigenvalue weighted by atomic mass is 32.2. The fourth-order valence-corrected chi connectivity index (χ4v) is 2.30. The zero-order chi connectivity index (χ0) is 12.0. The van der Waals surface area contributed by atoms with Crippen LogP contribution in [0.5, 0.6) is 11.5 Å². The highest BCUT2D eigenvalue weighted by molar-refractivity contribution is 7.99. The average Bonchev–Trinajstić information content (AvgIpc) is 2.31. The highest BCUT2D eigenvalue weighted by Gasteiger charge is 2.10. The minimum absolute atomic E-state index is 0.111. The van der Waals surface area contributed by atoms with Crippen LogP contribution in [0.4, 0.5) is 0 Å². The van der Waals surface area contributed by atoms with Crippen molar-refractivity contribution in [3.63, 3.8) is 0 Å². The Morgan fingerprint density at radius 1 is 1.19 bits per heavy atom. The summed E-state index contributed by atoms with van der Waals surface area (Å²) in [7, 11) is 3.30. The minimum atomic E-state index is 0.111. The fourth-order valence-electron chi connectivity index (χ4n) is 1.52. The SMILES string of the molecule is CCSc1cc(OC)c(CCO)cc1OC. The molecule has 0 aliphatic heterocycles. The van der Waals surface area contributed by atoms with Gasteiger partial charge in [0.15, 0.2) is 0 Å². The molecular weight excluding hydrogens is 224 g/mol. The number of hydrogen-bond donors (Lipinski definition) is 1. The van der Waals surface area contributed by atoms with Gasteiger partial charge in [0.2, 0.25) is 0 Å². The molecule has 16 heavy (non-hydrogen) atoms. The van der Waals surface area contributed by atoms with Crippen LogP contribution in [-0.2, 0) is 6.42 Å². The van der Waals surface area contributed by atoms with Crippen molar-refractivity contribution in [3.05, 3.63) is 17.7 Å². The summed E-state index contributed by atoms with van der Waals surface area (Å²) in [5, 5.41) is 8.97. The normalized spacial score (nSPS) is 10.2. The molecule has 0 aliphatic carbocycles. The molecule has 1 N–H and O–H groups in total. The van der Waals surface area contributed by atoms with Gasteiger partial charge in [0, 0.05) is 12.2 Å². The second-order valence-electron chi connectivity index (χ2n) is 3.22. The van der Waals surface area contributed by atoms with Gasteiger partial charge < -0.3 is 14.6 Å². The van der Waals surface area contributed by atoms with Gasteiger partial charge in [0.25, 0.3) is 0 Å². The molecule has 4 heteroatoms. The second-order valence-corrected chi connectivity index (χ2v) is 4.53. The van der Waals surface area contributed by atoms with Gasteiger partial charge in [-0.1, -0.05) is 6.92 Å². The fraction of sp³-hybridized carbons (Fsp3) is 0.500. The van der Waals surface area contributed by atoms with E-state index in [0.717, 1.165) is 27.7 Å². The first kappa shape index (κ1) is 13.2. The van der Waals surface area contributed by atoms with E-state index in [1.54, 1.807) is 26.0 Å². The maximum absolute atomic E-state index is 8.97. The van der Waals surface area contributed by atoms with E-state index in [1.807, 2.05) is 12.1 Å². The molecule has 0 fully saturated rings. The monoisotopic (exact) mass is 242 g/mol. The van der Waals surface area contributed by atoms with Crippen LogP contribution in [0.3, 0.4) is 0 Å². The molecule has 3 nitrogen and oxygen atoms in total. The predicted octanol–water partition coefficient (Wildman–Crippen LogP) is 2.35. The van der Waals surface area contributed by atoms with Crippen molar-refractivity contribution in [3.8, 4) is 11.5 Å². The molecule has 0 bridgehead atoms. The van der Waals surface area contributed by atoms with E-state index in [2.05, 4.69) is 6.92 Å². The van der Waals surface area contributed by atoms with Crippen molar-refractivity contribution in [2.75, 3.05) is 26.6 Å². The molecule has 0 aromatic heterocycles. The van der Waals surface area contributed by atoms with E-state index < -0.39 is 0 Å². The van der Waals surface area contributed by atoms with Crippen molar-refractivity contribution >= 4 is 11.8 Å². The lowest BCUT2D eigenvalue weighted by molar-refractivity contribution is 0.296. The number of aliphatic hydroxyl groups excluding tert-OH is 1. The lowest BCUT2D eigenvalue weighted by Crippen LogP contribution is -1.98. The number of hydrogen-bond acceptors (Lipinski definition) is 4. The summed E-state index contributed by atoms with van der Waals surface area (Å²) >= 11 is 1.72. The third-order valence-electron chi connectivity index (χ3n) is 2.25. The van der Waals surface area contributed by atoms with E-state index >= 15 is 0 Å². The van der Waals surface area contributed by atoms with Crippen molar-refractivity contribution in [1.29, 1.82) is 0 Å². The van der Waals surface area contributed by atoms with Gasteiger partial charge in [0.05, 0.1) is 19.1 Å². The summed E-state index contributed by atoms with van der Waals surface area (Å²) in [6.45, 7) is 2.21. The van der Waals surface area contributed by atoms with Crippen molar-refractivity contribution in [2.24, 2.45) is 0 Å². The van der Waals surface area contributed by atoms with Crippen LogP contribution in [0.2, 0.25) is 0 Å². The maximum Gasteiger partial charge on any atom is 0.132 e. The minimum Gasteiger partial charge on any atom is -0.496 e. The van der Waals surface area contributed by atoms with Crippen LogP contribution in [0.25, 0.3) is 0 Å². The van der Waals surface area contributed by atoms with Crippen molar-refractivity contribution in [2.45, 2.75) is 18.2 Å². The summed E-state index contributed by atoms with van der Waals surface area (Å²) in [5.74, 6) is 2.64. The Morgan fingerprint density at radius 3 is 2.38 bits per heavy atom. The van der Waals surface area contributed by atoms with Gasteiger partial charge in [-0.05, 0) is 24.3 Å². The number of rotatable bonds is 6. The van der Waals surface area contributed by atoms with Gasteiger partial charge in [-0.15, -0.1) is 11.8 Å². The Hall–Kier alpha value is -0.870. The molecular formula is C12H18O3S. The van der Waals surface area contributed by atoms with E-state index in [9.17, 15) is 0 Å². The predicted molar refractivity (Wildman–Crippen MR) is 66.7 cm³/mol. The van der Waals surface area contributed by atoms with E-state index in [-0.39, 0.29) is 6.61 Å². The zero-order valence-corrected chi connectivity index (χ0v) is 10.8. The second kappa shape index (κ2) is 6.66. The van der Waals surface area contributed by atoms with Crippen molar-refractivity contribution in [1.82, 2.24) is 0 Å². The van der Waals surface area contributed by atoms with Crippen LogP contribution in [0.1, 0.15) is 12.5 Å². The summed E-state index contributed by atoms with van der Waals surface area (Å²) in [6, 6.07) is 3.91. The molecule has 1 aromatic rings. The van der Waals surface area contributed by atoms with Gasteiger partial charge in [-0.2, -0.15) is 0 Å². The average molecular weight is 242 g/mol. The molecule has 0 saturated heterocycles. The highest BCUT2D eigenvalue weighted by Crippen LogP contribution is 2.35. The number of aliphatic hydroxyl groups is 1. The lowest BCUT2D eigenvalue weighted by atomic mass is 10.1. The summed E-state index contributed by atoms with van der Waals surface area (Å²) < 4.78 is 10.6. The zero-order valence-electron chi connectivity index (χ0n) is 9.95. The summed E-state index contributed by atoms with van der Waals surface area (Å²) in [6.07, 6.45) is 0.580. The number of ether oxygens (including phenoxy) is 2. The summed E-state index contributed by atoms with van der Waals surface area (Å²) in [4.78, 5) is 1.07. The molecule has 0 unspecified atom stereocenters. The first-order chi connectivity index (χ1) is 7.76. The Morgan fingerprint density at radius 2 is 1.88 bits per heavy atom. The first-order valence-electron chi connectivity index (χ1n) is 5.25. The molecule has 0 saturated carbocycles. The lowest BCUT2D eigenvalue weighted by Gasteiger charge is -2.13. The summed E-state index contributed by atoms with van der Waals surface area (Å²) in [5.41, 5.74) is 0.974. The molecule has 0 radical (unpaired) electrons. The molecule has 0 amide bonds. The molecule has 1 aromatic carbocycles. The van der Waals surface area contributed by atoms with E-state index in [0.29, 0.717) is 6.42 Å². The van der Waals surface area contributed by atoms with E-state index in [1.165, 1.54) is 0 Å². The molecule has 1 rings (SSSR count). The third kappa shape index (κ3) is 3.06. The molecule has 0 atom stereocenters. The van der Waals surface area contributed by atoms with Gasteiger partial charge in [-0.3, -0.25) is 0 Å². The number of thioether (sulfide) groups is 1. The Bertz CT molecular complexity index is 306. The topological polar surface area (TPSA) is 38.7 Å². The Labute approximate surface area is 101 Å². The number of benzene rings is 1. The number of methoxy groups -OCH3 is 2. The van der Waals surface area contributed by atoms with Crippen LogP contribution >= 0.6 is 11.8 Å². The van der Waals surface area contributed by atoms with Gasteiger partial charge >= 0.3 is 0 Å². The van der Waals surface area contributed by atoms with Crippen molar-refractivity contribution < 1.29 is 14.6 Å². The Kier molecular flexibility index (Phi) is 5.49. The van der Waals surface area contributed by atoms with Crippen LogP contribution in [0, 0.1) is 0 Å². The van der Waals surface area contributed by atoms with Gasteiger partial charge in [-0.25, -0.2) is 0 Å². The quantitative estimate of drug-likeness (QED) is 0.777. The molecule has 0 heterocycles.